The van der Waals surface area contributed by atoms with Gasteiger partial charge in [-0.15, -0.1) is 0 Å². The molecule has 0 fully saturated rings. The molecule has 0 unspecified atom stereocenters. The van der Waals surface area contributed by atoms with E-state index in [0.717, 1.165) is 0 Å². The molecule has 25 heavy (non-hydrogen) atoms. The van der Waals surface area contributed by atoms with Crippen LogP contribution >= 0.6 is 0 Å². The Balaban J connectivity index is 1.70. The SMILES string of the molecule is O=C(NCc1ccccc1[N+](=O)[O-])c1cc(-c2ccc(F)cc2)n[nH]1. The zero-order valence-electron chi connectivity index (χ0n) is 12.9. The summed E-state index contributed by atoms with van der Waals surface area (Å²) in [6.45, 7) is 0.0148. The number of nitrogens with zero attached hydrogens (tertiary/aromatic N) is 2. The second kappa shape index (κ2) is 6.91. The topological polar surface area (TPSA) is 101 Å². The van der Waals surface area contributed by atoms with E-state index in [2.05, 4.69) is 15.5 Å². The molecule has 8 heteroatoms. The van der Waals surface area contributed by atoms with Crippen LogP contribution in [0.15, 0.2) is 54.6 Å². The highest BCUT2D eigenvalue weighted by Gasteiger charge is 2.15. The van der Waals surface area contributed by atoms with Crippen molar-refractivity contribution < 1.29 is 14.1 Å². The largest absolute Gasteiger partial charge is 0.346 e. The van der Waals surface area contributed by atoms with Gasteiger partial charge in [-0.2, -0.15) is 5.10 Å². The normalized spacial score (nSPS) is 10.4. The van der Waals surface area contributed by atoms with E-state index >= 15 is 0 Å². The Morgan fingerprint density at radius 1 is 1.20 bits per heavy atom. The molecule has 0 aliphatic rings. The molecule has 2 aromatic carbocycles. The van der Waals surface area contributed by atoms with Crippen LogP contribution in [0.1, 0.15) is 16.1 Å². The number of nitro groups is 1. The molecule has 0 radical (unpaired) electrons. The van der Waals surface area contributed by atoms with E-state index < -0.39 is 10.8 Å². The molecule has 0 spiro atoms. The third-order valence-electron chi connectivity index (χ3n) is 3.59. The van der Waals surface area contributed by atoms with Crippen molar-refractivity contribution in [2.24, 2.45) is 0 Å². The Kier molecular flexibility index (Phi) is 4.51. The summed E-state index contributed by atoms with van der Waals surface area (Å²) in [6, 6.07) is 13.4. The van der Waals surface area contributed by atoms with Crippen LogP contribution in [0, 0.1) is 15.9 Å². The number of aromatic amines is 1. The van der Waals surface area contributed by atoms with E-state index in [1.165, 1.54) is 24.3 Å². The summed E-state index contributed by atoms with van der Waals surface area (Å²) in [5.74, 6) is -0.805. The van der Waals surface area contributed by atoms with Gasteiger partial charge in [-0.05, 0) is 30.3 Å². The second-order valence-electron chi connectivity index (χ2n) is 5.24. The number of hydrogen-bond donors (Lipinski definition) is 2. The number of rotatable bonds is 5. The molecule has 0 bridgehead atoms. The van der Waals surface area contributed by atoms with Gasteiger partial charge in [0.1, 0.15) is 11.5 Å². The van der Waals surface area contributed by atoms with Crippen molar-refractivity contribution >= 4 is 11.6 Å². The van der Waals surface area contributed by atoms with Crippen LogP contribution in [0.5, 0.6) is 0 Å². The number of aromatic nitrogens is 2. The third kappa shape index (κ3) is 3.69. The Morgan fingerprint density at radius 2 is 1.92 bits per heavy atom. The van der Waals surface area contributed by atoms with Crippen LogP contribution in [-0.4, -0.2) is 21.0 Å². The first-order valence-electron chi connectivity index (χ1n) is 7.36. The Hall–Kier alpha value is -3.55. The number of para-hydroxylation sites is 1. The fourth-order valence-electron chi connectivity index (χ4n) is 2.32. The molecule has 7 nitrogen and oxygen atoms in total. The molecule has 0 atom stereocenters. The van der Waals surface area contributed by atoms with Gasteiger partial charge in [0.05, 0.1) is 10.6 Å². The van der Waals surface area contributed by atoms with Crippen LogP contribution in [0.2, 0.25) is 0 Å². The number of hydrogen-bond acceptors (Lipinski definition) is 4. The van der Waals surface area contributed by atoms with E-state index in [1.54, 1.807) is 30.3 Å². The third-order valence-corrected chi connectivity index (χ3v) is 3.59. The smallest absolute Gasteiger partial charge is 0.274 e. The van der Waals surface area contributed by atoms with Gasteiger partial charge < -0.3 is 5.32 Å². The molecule has 2 N–H and O–H groups in total. The van der Waals surface area contributed by atoms with Crippen molar-refractivity contribution in [3.63, 3.8) is 0 Å². The number of amides is 1. The summed E-state index contributed by atoms with van der Waals surface area (Å²) in [5, 5.41) is 20.2. The predicted octanol–water partition coefficient (Wildman–Crippen LogP) is 3.05. The van der Waals surface area contributed by atoms with Crippen molar-refractivity contribution in [2.75, 3.05) is 0 Å². The molecule has 1 amide bonds. The first-order chi connectivity index (χ1) is 12.0. The lowest BCUT2D eigenvalue weighted by molar-refractivity contribution is -0.385. The van der Waals surface area contributed by atoms with Crippen LogP contribution in [0.25, 0.3) is 11.3 Å². The molecule has 0 saturated carbocycles. The first-order valence-corrected chi connectivity index (χ1v) is 7.36. The van der Waals surface area contributed by atoms with E-state index in [-0.39, 0.29) is 23.7 Å². The van der Waals surface area contributed by atoms with Gasteiger partial charge in [-0.3, -0.25) is 20.0 Å². The van der Waals surface area contributed by atoms with Gasteiger partial charge in [-0.25, -0.2) is 4.39 Å². The van der Waals surface area contributed by atoms with Gasteiger partial charge in [0, 0.05) is 23.7 Å². The van der Waals surface area contributed by atoms with Gasteiger partial charge >= 0.3 is 0 Å². The van der Waals surface area contributed by atoms with E-state index in [1.807, 2.05) is 0 Å². The fourth-order valence-corrected chi connectivity index (χ4v) is 2.32. The van der Waals surface area contributed by atoms with Gasteiger partial charge in [0.15, 0.2) is 0 Å². The summed E-state index contributed by atoms with van der Waals surface area (Å²) < 4.78 is 12.9. The minimum Gasteiger partial charge on any atom is -0.346 e. The summed E-state index contributed by atoms with van der Waals surface area (Å²) in [4.78, 5) is 22.7. The van der Waals surface area contributed by atoms with Crippen LogP contribution in [0.4, 0.5) is 10.1 Å². The lowest BCUT2D eigenvalue weighted by Crippen LogP contribution is -2.23. The molecule has 0 aliphatic carbocycles. The van der Waals surface area contributed by atoms with Crippen molar-refractivity contribution in [3.05, 3.63) is 81.8 Å². The molecule has 3 rings (SSSR count). The van der Waals surface area contributed by atoms with Gasteiger partial charge in [0.25, 0.3) is 11.6 Å². The quantitative estimate of drug-likeness (QED) is 0.550. The summed E-state index contributed by atoms with van der Waals surface area (Å²) >= 11 is 0. The molecule has 3 aromatic rings. The molecular weight excluding hydrogens is 327 g/mol. The van der Waals surface area contributed by atoms with Crippen molar-refractivity contribution in [1.29, 1.82) is 0 Å². The average molecular weight is 340 g/mol. The minimum atomic E-state index is -0.496. The number of halogens is 1. The lowest BCUT2D eigenvalue weighted by atomic mass is 10.1. The maximum absolute atomic E-state index is 12.9. The van der Waals surface area contributed by atoms with E-state index in [9.17, 15) is 19.3 Å². The van der Waals surface area contributed by atoms with Gasteiger partial charge in [0.2, 0.25) is 0 Å². The van der Waals surface area contributed by atoms with Crippen LogP contribution in [-0.2, 0) is 6.54 Å². The summed E-state index contributed by atoms with van der Waals surface area (Å²) in [5.41, 5.74) is 1.71. The maximum atomic E-state index is 12.9. The van der Waals surface area contributed by atoms with E-state index in [4.69, 9.17) is 0 Å². The van der Waals surface area contributed by atoms with Crippen LogP contribution in [0.3, 0.4) is 0 Å². The highest BCUT2D eigenvalue weighted by molar-refractivity contribution is 5.93. The zero-order valence-corrected chi connectivity index (χ0v) is 12.9. The molecule has 1 heterocycles. The average Bonchev–Trinajstić information content (AvgIpc) is 3.10. The Bertz CT molecular complexity index is 922. The molecule has 0 aliphatic heterocycles. The van der Waals surface area contributed by atoms with Crippen LogP contribution < -0.4 is 5.32 Å². The number of carbonyl (C=O) groups is 1. The van der Waals surface area contributed by atoms with Crippen molar-refractivity contribution in [1.82, 2.24) is 15.5 Å². The first kappa shape index (κ1) is 16.3. The minimum absolute atomic E-state index is 0.0148. The number of nitro benzene ring substituents is 1. The second-order valence-corrected chi connectivity index (χ2v) is 5.24. The standard InChI is InChI=1S/C17H13FN4O3/c18-13-7-5-11(6-8-13)14-9-15(21-20-14)17(23)19-10-12-3-1-2-4-16(12)22(24)25/h1-9H,10H2,(H,19,23)(H,20,21). The number of carbonyl (C=O) groups excluding carboxylic acids is 1. The van der Waals surface area contributed by atoms with Gasteiger partial charge in [-0.1, -0.05) is 18.2 Å². The zero-order chi connectivity index (χ0) is 17.8. The Labute approximate surface area is 141 Å². The maximum Gasteiger partial charge on any atom is 0.274 e. The number of nitrogens with one attached hydrogen (secondary N) is 2. The molecule has 1 aromatic heterocycles. The molecular formula is C17H13FN4O3. The highest BCUT2D eigenvalue weighted by atomic mass is 19.1. The lowest BCUT2D eigenvalue weighted by Gasteiger charge is -2.04. The predicted molar refractivity (Wildman–Crippen MR) is 88.2 cm³/mol. The molecule has 0 saturated heterocycles. The van der Waals surface area contributed by atoms with Crippen molar-refractivity contribution in [2.45, 2.75) is 6.54 Å². The summed E-state index contributed by atoms with van der Waals surface area (Å²) in [6.07, 6.45) is 0. The number of benzene rings is 2. The highest BCUT2D eigenvalue weighted by Crippen LogP contribution is 2.19. The van der Waals surface area contributed by atoms with E-state index in [0.29, 0.717) is 16.8 Å². The Morgan fingerprint density at radius 3 is 2.64 bits per heavy atom. The fraction of sp³-hybridized carbons (Fsp3) is 0.0588. The summed E-state index contributed by atoms with van der Waals surface area (Å²) in [7, 11) is 0. The van der Waals surface area contributed by atoms with Crippen molar-refractivity contribution in [3.8, 4) is 11.3 Å². The number of H-pyrrole nitrogens is 1. The monoisotopic (exact) mass is 340 g/mol. The molecule has 126 valence electrons.